The molecule has 2 atom stereocenters. The summed E-state index contributed by atoms with van der Waals surface area (Å²) in [5, 5.41) is 0. The van der Waals surface area contributed by atoms with Crippen LogP contribution < -0.4 is 0 Å². The van der Waals surface area contributed by atoms with Crippen LogP contribution in [0.1, 0.15) is 310 Å². The van der Waals surface area contributed by atoms with Gasteiger partial charge in [-0.15, -0.1) is 0 Å². The van der Waals surface area contributed by atoms with E-state index >= 15 is 0 Å². The van der Waals surface area contributed by atoms with E-state index in [1.165, 1.54) is 205 Å². The average Bonchev–Trinajstić information content (AvgIpc) is 3.26. The predicted molar refractivity (Wildman–Crippen MR) is 261 cm³/mol. The Balaban J connectivity index is 4.23. The van der Waals surface area contributed by atoms with Crippen LogP contribution in [-0.2, 0) is 28.6 Å². The van der Waals surface area contributed by atoms with Gasteiger partial charge in [-0.05, 0) is 25.2 Å². The Kier molecular flexibility index (Phi) is 48.1. The lowest BCUT2D eigenvalue weighted by atomic mass is 9.99. The third-order valence-electron chi connectivity index (χ3n) is 12.9. The van der Waals surface area contributed by atoms with E-state index in [1.54, 1.807) is 0 Å². The molecule has 0 aromatic rings. The van der Waals surface area contributed by atoms with Crippen molar-refractivity contribution in [2.75, 3.05) is 13.2 Å². The smallest absolute Gasteiger partial charge is 0.306 e. The van der Waals surface area contributed by atoms with E-state index in [0.717, 1.165) is 63.7 Å². The molecule has 6 nitrogen and oxygen atoms in total. The van der Waals surface area contributed by atoms with Crippen molar-refractivity contribution in [1.29, 1.82) is 0 Å². The van der Waals surface area contributed by atoms with E-state index < -0.39 is 6.10 Å². The van der Waals surface area contributed by atoms with Gasteiger partial charge in [0.25, 0.3) is 0 Å². The van der Waals surface area contributed by atoms with Gasteiger partial charge in [-0.25, -0.2) is 0 Å². The molecule has 0 saturated heterocycles. The molecule has 61 heavy (non-hydrogen) atoms. The molecule has 0 aliphatic rings. The number of carbonyl (C=O) groups is 3. The Hall–Kier alpha value is -1.59. The lowest BCUT2D eigenvalue weighted by Crippen LogP contribution is -2.30. The molecule has 0 aromatic heterocycles. The number of esters is 3. The Morgan fingerprint density at radius 1 is 0.328 bits per heavy atom. The highest BCUT2D eigenvalue weighted by atomic mass is 16.6. The number of hydrogen-bond acceptors (Lipinski definition) is 6. The Morgan fingerprint density at radius 3 is 0.852 bits per heavy atom. The molecular formula is C55H106O6. The van der Waals surface area contributed by atoms with Gasteiger partial charge in [0.2, 0.25) is 0 Å². The zero-order chi connectivity index (χ0) is 44.5. The average molecular weight is 863 g/mol. The van der Waals surface area contributed by atoms with E-state index in [-0.39, 0.29) is 31.1 Å². The Morgan fingerprint density at radius 2 is 0.574 bits per heavy atom. The SMILES string of the molecule is CCCCCCCCCCCCCCCCCCC(=O)O[C@H](COC(=O)CCCCCCCCCCC)COC(=O)CCCCCCCCCCCCCCCCC(C)CC. The third-order valence-corrected chi connectivity index (χ3v) is 12.9. The van der Waals surface area contributed by atoms with Gasteiger partial charge >= 0.3 is 17.9 Å². The molecule has 0 fully saturated rings. The lowest BCUT2D eigenvalue weighted by Gasteiger charge is -2.18. The topological polar surface area (TPSA) is 78.9 Å². The van der Waals surface area contributed by atoms with Crippen LogP contribution in [0.2, 0.25) is 0 Å². The van der Waals surface area contributed by atoms with Crippen molar-refractivity contribution in [3.8, 4) is 0 Å². The van der Waals surface area contributed by atoms with Crippen LogP contribution in [0.15, 0.2) is 0 Å². The summed E-state index contributed by atoms with van der Waals surface area (Å²) < 4.78 is 16.8. The summed E-state index contributed by atoms with van der Waals surface area (Å²) in [6.45, 7) is 9.07. The van der Waals surface area contributed by atoms with Gasteiger partial charge in [0.15, 0.2) is 6.10 Å². The standard InChI is InChI=1S/C55H106O6/c1-5-8-10-12-14-16-17-18-19-20-25-28-32-36-40-44-48-55(58)61-52(49-59-53(56)46-42-38-34-29-15-13-11-9-6-2)50-60-54(57)47-43-39-35-31-27-24-22-21-23-26-30-33-37-41-45-51(4)7-3/h51-52H,5-50H2,1-4H3/t51?,52-/m1/s1. The summed E-state index contributed by atoms with van der Waals surface area (Å²) in [4.78, 5) is 37.9. The number of hydrogen-bond donors (Lipinski definition) is 0. The predicted octanol–water partition coefficient (Wildman–Crippen LogP) is 17.8. The molecular weight excluding hydrogens is 757 g/mol. The number of carbonyl (C=O) groups excluding carboxylic acids is 3. The Bertz CT molecular complexity index is 920. The molecule has 0 radical (unpaired) electrons. The number of rotatable bonds is 50. The minimum atomic E-state index is -0.760. The summed E-state index contributed by atoms with van der Waals surface area (Å²) in [5.74, 6) is 0.0533. The van der Waals surface area contributed by atoms with Crippen LogP contribution in [0.25, 0.3) is 0 Å². The second-order valence-electron chi connectivity index (χ2n) is 19.1. The summed E-state index contributed by atoms with van der Waals surface area (Å²) in [6, 6.07) is 0. The van der Waals surface area contributed by atoms with Crippen LogP contribution in [0, 0.1) is 5.92 Å². The van der Waals surface area contributed by atoms with Gasteiger partial charge in [0, 0.05) is 19.3 Å². The highest BCUT2D eigenvalue weighted by molar-refractivity contribution is 5.71. The molecule has 0 bridgehead atoms. The van der Waals surface area contributed by atoms with Crippen molar-refractivity contribution in [2.45, 2.75) is 316 Å². The maximum absolute atomic E-state index is 12.8. The van der Waals surface area contributed by atoms with Crippen molar-refractivity contribution in [3.05, 3.63) is 0 Å². The summed E-state index contributed by atoms with van der Waals surface area (Å²) in [7, 11) is 0. The largest absolute Gasteiger partial charge is 0.462 e. The van der Waals surface area contributed by atoms with Crippen molar-refractivity contribution in [1.82, 2.24) is 0 Å². The monoisotopic (exact) mass is 863 g/mol. The highest BCUT2D eigenvalue weighted by Gasteiger charge is 2.19. The maximum atomic E-state index is 12.8. The summed E-state index contributed by atoms with van der Waals surface area (Å²) in [5.41, 5.74) is 0. The van der Waals surface area contributed by atoms with Gasteiger partial charge in [0.1, 0.15) is 13.2 Å². The molecule has 0 aromatic carbocycles. The van der Waals surface area contributed by atoms with Crippen LogP contribution in [0.5, 0.6) is 0 Å². The second-order valence-corrected chi connectivity index (χ2v) is 19.1. The summed E-state index contributed by atoms with van der Waals surface area (Å²) >= 11 is 0. The first-order valence-electron chi connectivity index (χ1n) is 27.4. The first-order valence-corrected chi connectivity index (χ1v) is 27.4. The Labute approximate surface area is 380 Å². The first kappa shape index (κ1) is 59.4. The zero-order valence-corrected chi connectivity index (χ0v) is 41.6. The van der Waals surface area contributed by atoms with Gasteiger partial charge in [0.05, 0.1) is 0 Å². The van der Waals surface area contributed by atoms with Gasteiger partial charge in [-0.2, -0.15) is 0 Å². The van der Waals surface area contributed by atoms with Crippen LogP contribution in [0.4, 0.5) is 0 Å². The quantitative estimate of drug-likeness (QED) is 0.0344. The molecule has 0 N–H and O–H groups in total. The van der Waals surface area contributed by atoms with Gasteiger partial charge in [-0.1, -0.05) is 272 Å². The molecule has 362 valence electrons. The molecule has 0 spiro atoms. The zero-order valence-electron chi connectivity index (χ0n) is 41.6. The van der Waals surface area contributed by atoms with Gasteiger partial charge < -0.3 is 14.2 Å². The van der Waals surface area contributed by atoms with Crippen LogP contribution >= 0.6 is 0 Å². The highest BCUT2D eigenvalue weighted by Crippen LogP contribution is 2.18. The maximum Gasteiger partial charge on any atom is 0.306 e. The fourth-order valence-electron chi connectivity index (χ4n) is 8.36. The molecule has 0 aliphatic carbocycles. The van der Waals surface area contributed by atoms with Crippen LogP contribution in [0.3, 0.4) is 0 Å². The number of ether oxygens (including phenoxy) is 3. The molecule has 1 unspecified atom stereocenters. The van der Waals surface area contributed by atoms with Crippen LogP contribution in [-0.4, -0.2) is 37.2 Å². The lowest BCUT2D eigenvalue weighted by molar-refractivity contribution is -0.167. The fraction of sp³-hybridized carbons (Fsp3) is 0.945. The molecule has 0 saturated carbocycles. The minimum absolute atomic E-state index is 0.0624. The first-order chi connectivity index (χ1) is 29.9. The van der Waals surface area contributed by atoms with E-state index in [0.29, 0.717) is 19.3 Å². The van der Waals surface area contributed by atoms with Crippen molar-refractivity contribution >= 4 is 17.9 Å². The van der Waals surface area contributed by atoms with E-state index in [9.17, 15) is 14.4 Å². The molecule has 0 rings (SSSR count). The molecule has 0 heterocycles. The number of unbranched alkanes of at least 4 members (excludes halogenated alkanes) is 36. The third kappa shape index (κ3) is 47.7. The van der Waals surface area contributed by atoms with Gasteiger partial charge in [-0.3, -0.25) is 14.4 Å². The summed E-state index contributed by atoms with van der Waals surface area (Å²) in [6.07, 6.45) is 52.3. The normalized spacial score (nSPS) is 12.4. The molecule has 0 aliphatic heterocycles. The van der Waals surface area contributed by atoms with Crippen molar-refractivity contribution < 1.29 is 28.6 Å². The minimum Gasteiger partial charge on any atom is -0.462 e. The second kappa shape index (κ2) is 49.4. The van der Waals surface area contributed by atoms with Crippen molar-refractivity contribution in [3.63, 3.8) is 0 Å². The van der Waals surface area contributed by atoms with E-state index in [1.807, 2.05) is 0 Å². The fourth-order valence-corrected chi connectivity index (χ4v) is 8.36. The molecule has 0 amide bonds. The van der Waals surface area contributed by atoms with Crippen molar-refractivity contribution in [2.24, 2.45) is 5.92 Å². The van der Waals surface area contributed by atoms with E-state index in [4.69, 9.17) is 14.2 Å². The van der Waals surface area contributed by atoms with E-state index in [2.05, 4.69) is 27.7 Å². The molecule has 6 heteroatoms.